The molecule has 1 aromatic rings. The van der Waals surface area contributed by atoms with Gasteiger partial charge in [0.2, 0.25) is 0 Å². The minimum absolute atomic E-state index is 0.258. The second-order valence-electron chi connectivity index (χ2n) is 7.21. The van der Waals surface area contributed by atoms with Crippen LogP contribution in [0.15, 0.2) is 0 Å². The highest BCUT2D eigenvalue weighted by atomic mass is 16.5. The molecule has 1 aliphatic rings. The first kappa shape index (κ1) is 17.6. The lowest BCUT2D eigenvalue weighted by Crippen LogP contribution is -2.37. The van der Waals surface area contributed by atoms with Crippen molar-refractivity contribution in [1.82, 2.24) is 0 Å². The molecule has 4 nitrogen and oxygen atoms in total. The summed E-state index contributed by atoms with van der Waals surface area (Å²) < 4.78 is 6.35. The third kappa shape index (κ3) is 3.46. The maximum Gasteiger partial charge on any atom is 0.306 e. The number of carbonyl (C=O) groups is 1. The predicted octanol–water partition coefficient (Wildman–Crippen LogP) is 4.29. The zero-order chi connectivity index (χ0) is 17.4. The Morgan fingerprint density at radius 2 is 1.91 bits per heavy atom. The number of phenolic OH excluding ortho intramolecular Hbond substituents is 1. The number of carboxylic acid groups (broad SMARTS) is 1. The van der Waals surface area contributed by atoms with Crippen LogP contribution < -0.4 is 4.74 Å². The van der Waals surface area contributed by atoms with Crippen LogP contribution in [0.25, 0.3) is 0 Å². The van der Waals surface area contributed by atoms with Gasteiger partial charge in [-0.3, -0.25) is 4.79 Å². The number of rotatable bonds is 5. The molecule has 0 bridgehead atoms. The minimum atomic E-state index is -0.734. The number of hydrogen-bond donors (Lipinski definition) is 2. The first-order chi connectivity index (χ1) is 10.7. The molecule has 0 aromatic heterocycles. The van der Waals surface area contributed by atoms with E-state index in [0.29, 0.717) is 12.2 Å². The summed E-state index contributed by atoms with van der Waals surface area (Å²) in [4.78, 5) is 10.9. The molecule has 1 aliphatic heterocycles. The normalized spacial score (nSPS) is 21.4. The van der Waals surface area contributed by atoms with Crippen LogP contribution in [0.2, 0.25) is 0 Å². The van der Waals surface area contributed by atoms with Crippen molar-refractivity contribution in [1.29, 1.82) is 0 Å². The molecule has 0 aliphatic carbocycles. The Morgan fingerprint density at radius 1 is 1.26 bits per heavy atom. The topological polar surface area (TPSA) is 66.8 Å². The lowest BCUT2D eigenvalue weighted by atomic mass is 9.84. The summed E-state index contributed by atoms with van der Waals surface area (Å²) in [5.74, 6) is 0.252. The third-order valence-corrected chi connectivity index (χ3v) is 5.36. The Kier molecular flexibility index (Phi) is 4.92. The molecule has 2 atom stereocenters. The SMILES string of the molecule is Cc1c(C)c2c(c(C)c1O)CC[C@](C)(CCC[C@@H](C)C(=O)O)O2. The highest BCUT2D eigenvalue weighted by molar-refractivity contribution is 5.69. The minimum Gasteiger partial charge on any atom is -0.507 e. The van der Waals surface area contributed by atoms with E-state index < -0.39 is 5.97 Å². The van der Waals surface area contributed by atoms with Crippen molar-refractivity contribution in [2.45, 2.75) is 72.3 Å². The Labute approximate surface area is 138 Å². The van der Waals surface area contributed by atoms with Gasteiger partial charge in [-0.2, -0.15) is 0 Å². The van der Waals surface area contributed by atoms with Crippen molar-refractivity contribution in [2.24, 2.45) is 5.92 Å². The van der Waals surface area contributed by atoms with Gasteiger partial charge in [-0.15, -0.1) is 0 Å². The number of aromatic hydroxyl groups is 1. The van der Waals surface area contributed by atoms with Crippen LogP contribution in [-0.2, 0) is 11.2 Å². The number of aliphatic carboxylic acids is 1. The lowest BCUT2D eigenvalue weighted by Gasteiger charge is -2.38. The molecule has 0 unspecified atom stereocenters. The van der Waals surface area contributed by atoms with Crippen molar-refractivity contribution < 1.29 is 19.7 Å². The first-order valence-corrected chi connectivity index (χ1v) is 8.39. The second kappa shape index (κ2) is 6.42. The molecule has 0 amide bonds. The maximum atomic E-state index is 10.9. The van der Waals surface area contributed by atoms with Crippen LogP contribution in [0.5, 0.6) is 11.5 Å². The molecule has 0 saturated carbocycles. The third-order valence-electron chi connectivity index (χ3n) is 5.36. The highest BCUT2D eigenvalue weighted by Gasteiger charge is 2.34. The number of ether oxygens (including phenoxy) is 1. The standard InChI is InChI=1S/C19H28O4/c1-11(18(21)22)7-6-9-19(5)10-8-15-14(4)16(20)12(2)13(3)17(15)23-19/h11,20H,6-10H2,1-5H3,(H,21,22)/t11-,19+/m1/s1. The van der Waals surface area contributed by atoms with Crippen molar-refractivity contribution in [3.63, 3.8) is 0 Å². The summed E-state index contributed by atoms with van der Waals surface area (Å²) in [6, 6.07) is 0. The Balaban J connectivity index is 2.14. The van der Waals surface area contributed by atoms with E-state index >= 15 is 0 Å². The highest BCUT2D eigenvalue weighted by Crippen LogP contribution is 2.44. The summed E-state index contributed by atoms with van der Waals surface area (Å²) in [7, 11) is 0. The van der Waals surface area contributed by atoms with Crippen LogP contribution in [-0.4, -0.2) is 21.8 Å². The number of benzene rings is 1. The van der Waals surface area contributed by atoms with E-state index in [0.717, 1.165) is 53.7 Å². The van der Waals surface area contributed by atoms with Crippen LogP contribution in [0.4, 0.5) is 0 Å². The summed E-state index contributed by atoms with van der Waals surface area (Å²) >= 11 is 0. The van der Waals surface area contributed by atoms with Gasteiger partial charge in [0.1, 0.15) is 17.1 Å². The average molecular weight is 320 g/mol. The molecule has 0 saturated heterocycles. The van der Waals surface area contributed by atoms with Gasteiger partial charge in [0.25, 0.3) is 0 Å². The molecule has 23 heavy (non-hydrogen) atoms. The fraction of sp³-hybridized carbons (Fsp3) is 0.632. The van der Waals surface area contributed by atoms with E-state index in [4.69, 9.17) is 9.84 Å². The molecule has 0 spiro atoms. The van der Waals surface area contributed by atoms with Crippen LogP contribution >= 0.6 is 0 Å². The van der Waals surface area contributed by atoms with Crippen LogP contribution in [0, 0.1) is 26.7 Å². The monoisotopic (exact) mass is 320 g/mol. The van der Waals surface area contributed by atoms with Crippen molar-refractivity contribution in [2.75, 3.05) is 0 Å². The zero-order valence-electron chi connectivity index (χ0n) is 14.8. The van der Waals surface area contributed by atoms with Gasteiger partial charge in [-0.25, -0.2) is 0 Å². The average Bonchev–Trinajstić information content (AvgIpc) is 2.50. The van der Waals surface area contributed by atoms with E-state index in [9.17, 15) is 9.90 Å². The van der Waals surface area contributed by atoms with Gasteiger partial charge in [-0.05, 0) is 76.5 Å². The molecule has 1 heterocycles. The second-order valence-corrected chi connectivity index (χ2v) is 7.21. The van der Waals surface area contributed by atoms with Crippen molar-refractivity contribution >= 4 is 5.97 Å². The van der Waals surface area contributed by atoms with Gasteiger partial charge < -0.3 is 14.9 Å². The van der Waals surface area contributed by atoms with E-state index in [-0.39, 0.29) is 11.5 Å². The number of hydrogen-bond acceptors (Lipinski definition) is 3. The lowest BCUT2D eigenvalue weighted by molar-refractivity contribution is -0.141. The van der Waals surface area contributed by atoms with Crippen LogP contribution in [0.3, 0.4) is 0 Å². The molecular formula is C19H28O4. The maximum absolute atomic E-state index is 10.9. The quantitative estimate of drug-likeness (QED) is 0.849. The van der Waals surface area contributed by atoms with Gasteiger partial charge in [-0.1, -0.05) is 6.92 Å². The molecule has 1 aromatic carbocycles. The smallest absolute Gasteiger partial charge is 0.306 e. The molecular weight excluding hydrogens is 292 g/mol. The van der Waals surface area contributed by atoms with E-state index in [1.807, 2.05) is 20.8 Å². The predicted molar refractivity (Wildman–Crippen MR) is 90.3 cm³/mol. The Hall–Kier alpha value is -1.71. The van der Waals surface area contributed by atoms with E-state index in [1.54, 1.807) is 6.92 Å². The fourth-order valence-electron chi connectivity index (χ4n) is 3.38. The molecule has 4 heteroatoms. The number of carboxylic acids is 1. The molecule has 0 fully saturated rings. The summed E-state index contributed by atoms with van der Waals surface area (Å²) in [5.41, 5.74) is 3.66. The van der Waals surface area contributed by atoms with Crippen molar-refractivity contribution in [3.8, 4) is 11.5 Å². The van der Waals surface area contributed by atoms with Gasteiger partial charge in [0, 0.05) is 5.56 Å². The Morgan fingerprint density at radius 3 is 2.52 bits per heavy atom. The summed E-state index contributed by atoms with van der Waals surface area (Å²) in [5, 5.41) is 19.2. The van der Waals surface area contributed by atoms with E-state index in [2.05, 4.69) is 6.92 Å². The van der Waals surface area contributed by atoms with Crippen LogP contribution in [0.1, 0.15) is 61.8 Å². The molecule has 128 valence electrons. The molecule has 0 radical (unpaired) electrons. The summed E-state index contributed by atoms with van der Waals surface area (Å²) in [6.45, 7) is 9.72. The number of fused-ring (bicyclic) bond motifs is 1. The van der Waals surface area contributed by atoms with Gasteiger partial charge >= 0.3 is 5.97 Å². The summed E-state index contributed by atoms with van der Waals surface area (Å²) in [6.07, 6.45) is 4.15. The molecule has 2 rings (SSSR count). The first-order valence-electron chi connectivity index (χ1n) is 8.39. The Bertz CT molecular complexity index is 621. The van der Waals surface area contributed by atoms with Gasteiger partial charge in [0.05, 0.1) is 5.92 Å². The zero-order valence-corrected chi connectivity index (χ0v) is 14.8. The van der Waals surface area contributed by atoms with Gasteiger partial charge in [0.15, 0.2) is 0 Å². The van der Waals surface area contributed by atoms with E-state index in [1.165, 1.54) is 0 Å². The molecule has 2 N–H and O–H groups in total. The largest absolute Gasteiger partial charge is 0.507 e. The number of phenols is 1. The fourth-order valence-corrected chi connectivity index (χ4v) is 3.38. The van der Waals surface area contributed by atoms with Crippen molar-refractivity contribution in [3.05, 3.63) is 22.3 Å².